The molecule has 1 amide bonds. The molecule has 0 aromatic carbocycles. The van der Waals surface area contributed by atoms with Gasteiger partial charge in [-0.2, -0.15) is 0 Å². The fourth-order valence-electron chi connectivity index (χ4n) is 2.02. The molecule has 6 heteroatoms. The second-order valence-electron chi connectivity index (χ2n) is 4.89. The zero-order chi connectivity index (χ0) is 12.3. The molecule has 1 rings (SSSR count). The van der Waals surface area contributed by atoms with E-state index in [0.29, 0.717) is 19.6 Å². The molecule has 5 N–H and O–H groups in total. The summed E-state index contributed by atoms with van der Waals surface area (Å²) in [7, 11) is 0. The minimum absolute atomic E-state index is 0.0360. The van der Waals surface area contributed by atoms with Crippen LogP contribution in [0.4, 0.5) is 0 Å². The summed E-state index contributed by atoms with van der Waals surface area (Å²) in [5.74, 6) is -0.509. The number of carbonyl (C=O) groups is 1. The van der Waals surface area contributed by atoms with Gasteiger partial charge < -0.3 is 21.3 Å². The van der Waals surface area contributed by atoms with E-state index in [4.69, 9.17) is 21.3 Å². The first-order valence-electron chi connectivity index (χ1n) is 5.40. The highest BCUT2D eigenvalue weighted by Crippen LogP contribution is 2.20. The molecule has 1 saturated heterocycles. The zero-order valence-corrected chi connectivity index (χ0v) is 9.85. The maximum atomic E-state index is 10.9. The van der Waals surface area contributed by atoms with Gasteiger partial charge >= 0.3 is 0 Å². The molecule has 0 aliphatic carbocycles. The van der Waals surface area contributed by atoms with Crippen LogP contribution in [-0.4, -0.2) is 59.9 Å². The van der Waals surface area contributed by atoms with Gasteiger partial charge in [0.25, 0.3) is 0 Å². The third-order valence-corrected chi connectivity index (χ3v) is 2.58. The summed E-state index contributed by atoms with van der Waals surface area (Å²) < 4.78 is 5.65. The van der Waals surface area contributed by atoms with E-state index in [1.165, 1.54) is 0 Å². The fraction of sp³-hybridized carbons (Fsp3) is 0.900. The van der Waals surface area contributed by atoms with Gasteiger partial charge in [0.05, 0.1) is 24.4 Å². The van der Waals surface area contributed by atoms with Crippen molar-refractivity contribution in [2.45, 2.75) is 31.6 Å². The van der Waals surface area contributed by atoms with Crippen LogP contribution in [0.25, 0.3) is 0 Å². The normalized spacial score (nSPS) is 27.6. The van der Waals surface area contributed by atoms with Crippen molar-refractivity contribution in [3.63, 3.8) is 0 Å². The minimum atomic E-state index is -0.673. The van der Waals surface area contributed by atoms with E-state index < -0.39 is 11.9 Å². The van der Waals surface area contributed by atoms with E-state index in [1.54, 1.807) is 0 Å². The standard InChI is InChI=1S/C10H21N3O3/c1-10(2)6-13(3-7(5-14)16-10)4-8(11)9(12)15/h7-8,14H,3-6,11H2,1-2H3,(H2,12,15). The number of nitrogens with zero attached hydrogens (tertiary/aromatic N) is 1. The molecule has 0 saturated carbocycles. The summed E-state index contributed by atoms with van der Waals surface area (Å²) in [5, 5.41) is 9.11. The summed E-state index contributed by atoms with van der Waals surface area (Å²) in [5.41, 5.74) is 10.4. The topological polar surface area (TPSA) is 102 Å². The van der Waals surface area contributed by atoms with Crippen molar-refractivity contribution in [2.75, 3.05) is 26.2 Å². The van der Waals surface area contributed by atoms with Gasteiger partial charge in [0.2, 0.25) is 5.91 Å². The van der Waals surface area contributed by atoms with Crippen LogP contribution in [0.5, 0.6) is 0 Å². The van der Waals surface area contributed by atoms with Gasteiger partial charge in [0.15, 0.2) is 0 Å². The third-order valence-electron chi connectivity index (χ3n) is 2.58. The van der Waals surface area contributed by atoms with Crippen molar-refractivity contribution >= 4 is 5.91 Å². The van der Waals surface area contributed by atoms with E-state index in [9.17, 15) is 4.79 Å². The van der Waals surface area contributed by atoms with Crippen molar-refractivity contribution in [3.8, 4) is 0 Å². The maximum absolute atomic E-state index is 10.9. The number of hydrogen-bond donors (Lipinski definition) is 3. The Labute approximate surface area is 95.5 Å². The largest absolute Gasteiger partial charge is 0.394 e. The Bertz CT molecular complexity index is 258. The van der Waals surface area contributed by atoms with Crippen molar-refractivity contribution in [1.82, 2.24) is 4.90 Å². The van der Waals surface area contributed by atoms with Crippen LogP contribution in [-0.2, 0) is 9.53 Å². The fourth-order valence-corrected chi connectivity index (χ4v) is 2.02. The second kappa shape index (κ2) is 5.09. The molecule has 0 spiro atoms. The number of hydrogen-bond acceptors (Lipinski definition) is 5. The molecule has 0 aromatic heterocycles. The first kappa shape index (κ1) is 13.4. The Morgan fingerprint density at radius 3 is 2.81 bits per heavy atom. The Morgan fingerprint density at radius 1 is 1.69 bits per heavy atom. The second-order valence-corrected chi connectivity index (χ2v) is 4.89. The number of morpholine rings is 1. The lowest BCUT2D eigenvalue weighted by Gasteiger charge is -2.42. The quantitative estimate of drug-likeness (QED) is 0.533. The highest BCUT2D eigenvalue weighted by molar-refractivity contribution is 5.79. The van der Waals surface area contributed by atoms with Gasteiger partial charge in [-0.3, -0.25) is 9.69 Å². The van der Waals surface area contributed by atoms with Gasteiger partial charge in [0.1, 0.15) is 0 Å². The molecule has 2 unspecified atom stereocenters. The van der Waals surface area contributed by atoms with Gasteiger partial charge in [-0.1, -0.05) is 0 Å². The first-order valence-corrected chi connectivity index (χ1v) is 5.40. The van der Waals surface area contributed by atoms with Crippen LogP contribution >= 0.6 is 0 Å². The lowest BCUT2D eigenvalue weighted by molar-refractivity contribution is -0.150. The molecular weight excluding hydrogens is 210 g/mol. The summed E-state index contributed by atoms with van der Waals surface area (Å²) in [6, 6.07) is -0.673. The maximum Gasteiger partial charge on any atom is 0.235 e. The number of amides is 1. The lowest BCUT2D eigenvalue weighted by atomic mass is 10.0. The van der Waals surface area contributed by atoms with Crippen molar-refractivity contribution in [3.05, 3.63) is 0 Å². The van der Waals surface area contributed by atoms with Crippen molar-refractivity contribution < 1.29 is 14.6 Å². The smallest absolute Gasteiger partial charge is 0.235 e. The molecule has 1 aliphatic rings. The number of primary amides is 1. The van der Waals surface area contributed by atoms with E-state index >= 15 is 0 Å². The Morgan fingerprint density at radius 2 is 2.31 bits per heavy atom. The minimum Gasteiger partial charge on any atom is -0.394 e. The number of aliphatic hydroxyl groups is 1. The van der Waals surface area contributed by atoms with Gasteiger partial charge in [-0.05, 0) is 13.8 Å². The van der Waals surface area contributed by atoms with Crippen LogP contribution in [0.3, 0.4) is 0 Å². The molecule has 6 nitrogen and oxygen atoms in total. The predicted molar refractivity (Wildman–Crippen MR) is 59.6 cm³/mol. The molecule has 0 aromatic rings. The third kappa shape index (κ3) is 3.71. The van der Waals surface area contributed by atoms with Gasteiger partial charge in [-0.15, -0.1) is 0 Å². The van der Waals surface area contributed by atoms with E-state index in [-0.39, 0.29) is 18.3 Å². The zero-order valence-electron chi connectivity index (χ0n) is 9.85. The lowest BCUT2D eigenvalue weighted by Crippen LogP contribution is -2.57. The van der Waals surface area contributed by atoms with Crippen LogP contribution in [0.1, 0.15) is 13.8 Å². The van der Waals surface area contributed by atoms with Crippen LogP contribution in [0, 0.1) is 0 Å². The summed E-state index contributed by atoms with van der Waals surface area (Å²) >= 11 is 0. The van der Waals surface area contributed by atoms with Gasteiger partial charge in [0, 0.05) is 19.6 Å². The Hall–Kier alpha value is -0.690. The van der Waals surface area contributed by atoms with Crippen LogP contribution in [0.15, 0.2) is 0 Å². The number of ether oxygens (including phenoxy) is 1. The predicted octanol–water partition coefficient (Wildman–Crippen LogP) is -1.73. The SMILES string of the molecule is CC1(C)CN(CC(N)C(N)=O)CC(CO)O1. The highest BCUT2D eigenvalue weighted by Gasteiger charge is 2.33. The monoisotopic (exact) mass is 231 g/mol. The van der Waals surface area contributed by atoms with E-state index in [2.05, 4.69) is 0 Å². The van der Waals surface area contributed by atoms with Crippen LogP contribution < -0.4 is 11.5 Å². The average molecular weight is 231 g/mol. The average Bonchev–Trinajstić information content (AvgIpc) is 2.14. The number of aliphatic hydroxyl groups excluding tert-OH is 1. The molecule has 16 heavy (non-hydrogen) atoms. The molecule has 0 bridgehead atoms. The highest BCUT2D eigenvalue weighted by atomic mass is 16.5. The number of nitrogens with two attached hydrogens (primary N) is 2. The summed E-state index contributed by atoms with van der Waals surface area (Å²) in [6.45, 7) is 5.49. The molecule has 1 heterocycles. The van der Waals surface area contributed by atoms with Crippen LogP contribution in [0.2, 0.25) is 0 Å². The summed E-state index contributed by atoms with van der Waals surface area (Å²) in [4.78, 5) is 12.9. The molecule has 2 atom stereocenters. The van der Waals surface area contributed by atoms with Crippen molar-refractivity contribution in [1.29, 1.82) is 0 Å². The summed E-state index contributed by atoms with van der Waals surface area (Å²) in [6.07, 6.45) is -0.233. The van der Waals surface area contributed by atoms with E-state index in [0.717, 1.165) is 0 Å². The Balaban J connectivity index is 2.56. The van der Waals surface area contributed by atoms with Crippen molar-refractivity contribution in [2.24, 2.45) is 11.5 Å². The molecule has 94 valence electrons. The molecular formula is C10H21N3O3. The number of carbonyl (C=O) groups excluding carboxylic acids is 1. The van der Waals surface area contributed by atoms with Gasteiger partial charge in [-0.25, -0.2) is 0 Å². The molecule has 1 fully saturated rings. The van der Waals surface area contributed by atoms with E-state index in [1.807, 2.05) is 18.7 Å². The molecule has 0 radical (unpaired) electrons. The number of rotatable bonds is 4. The molecule has 1 aliphatic heterocycles. The Kier molecular flexibility index (Phi) is 4.26. The first-order chi connectivity index (χ1) is 7.34.